The van der Waals surface area contributed by atoms with Gasteiger partial charge in [-0.05, 0) is 36.1 Å². The van der Waals surface area contributed by atoms with Crippen molar-refractivity contribution in [1.82, 2.24) is 14.8 Å². The molecular weight excluding hydrogens is 316 g/mol. The van der Waals surface area contributed by atoms with Gasteiger partial charge < -0.3 is 20.2 Å². The summed E-state index contributed by atoms with van der Waals surface area (Å²) in [6.07, 6.45) is 11.6. The normalized spacial score (nSPS) is 27.8. The maximum absolute atomic E-state index is 12.5. The van der Waals surface area contributed by atoms with E-state index >= 15 is 0 Å². The van der Waals surface area contributed by atoms with Crippen LogP contribution in [-0.2, 0) is 11.2 Å². The molecule has 3 atom stereocenters. The molecule has 0 aromatic carbocycles. The van der Waals surface area contributed by atoms with Crippen LogP contribution in [0.3, 0.4) is 0 Å². The van der Waals surface area contributed by atoms with E-state index in [4.69, 9.17) is 6.42 Å². The van der Waals surface area contributed by atoms with Crippen LogP contribution in [0.25, 0.3) is 6.08 Å². The van der Waals surface area contributed by atoms with Crippen LogP contribution >= 0.6 is 0 Å². The lowest BCUT2D eigenvalue weighted by Crippen LogP contribution is -2.30. The van der Waals surface area contributed by atoms with Crippen molar-refractivity contribution in [3.05, 3.63) is 29.5 Å². The van der Waals surface area contributed by atoms with Gasteiger partial charge in [0.25, 0.3) is 0 Å². The molecule has 130 valence electrons. The Morgan fingerprint density at radius 1 is 1.36 bits per heavy atom. The number of amides is 1. The van der Waals surface area contributed by atoms with E-state index in [2.05, 4.69) is 16.3 Å². The van der Waals surface area contributed by atoms with Crippen molar-refractivity contribution in [2.75, 3.05) is 31.5 Å². The third-order valence-electron chi connectivity index (χ3n) is 5.38. The molecule has 2 N–H and O–H groups in total. The molecule has 6 nitrogen and oxygen atoms in total. The second-order valence-electron chi connectivity index (χ2n) is 7.11. The SMILES string of the molecule is C#CN1C[C@@H]2CN(C(=O)/C=C/c3cnc4c(c3)CCC(O)N4)C[C@@H]2C1. The van der Waals surface area contributed by atoms with Gasteiger partial charge in [0.05, 0.1) is 0 Å². The molecule has 0 aliphatic carbocycles. The lowest BCUT2D eigenvalue weighted by atomic mass is 10.0. The molecule has 1 aromatic heterocycles. The van der Waals surface area contributed by atoms with Crippen molar-refractivity contribution in [3.63, 3.8) is 0 Å². The van der Waals surface area contributed by atoms with Crippen LogP contribution < -0.4 is 5.32 Å². The van der Waals surface area contributed by atoms with Gasteiger partial charge in [-0.2, -0.15) is 0 Å². The number of aromatic nitrogens is 1. The second-order valence-corrected chi connectivity index (χ2v) is 7.11. The first-order chi connectivity index (χ1) is 12.1. The van der Waals surface area contributed by atoms with Crippen LogP contribution in [0.5, 0.6) is 0 Å². The average Bonchev–Trinajstić information content (AvgIpc) is 3.18. The maximum Gasteiger partial charge on any atom is 0.246 e. The third kappa shape index (κ3) is 3.20. The molecule has 6 heteroatoms. The number of carbonyl (C=O) groups excluding carboxylic acids is 1. The molecule has 0 spiro atoms. The Bertz CT molecular complexity index is 740. The highest BCUT2D eigenvalue weighted by atomic mass is 16.3. The zero-order valence-corrected chi connectivity index (χ0v) is 14.1. The summed E-state index contributed by atoms with van der Waals surface area (Å²) >= 11 is 0. The molecule has 25 heavy (non-hydrogen) atoms. The molecule has 3 aliphatic heterocycles. The van der Waals surface area contributed by atoms with E-state index in [0.717, 1.165) is 49.5 Å². The number of anilines is 1. The van der Waals surface area contributed by atoms with E-state index in [-0.39, 0.29) is 5.91 Å². The van der Waals surface area contributed by atoms with Gasteiger partial charge in [0, 0.05) is 56.3 Å². The summed E-state index contributed by atoms with van der Waals surface area (Å²) in [6, 6.07) is 4.72. The number of likely N-dealkylation sites (tertiary alicyclic amines) is 2. The van der Waals surface area contributed by atoms with Crippen LogP contribution in [0.4, 0.5) is 5.82 Å². The highest BCUT2D eigenvalue weighted by molar-refractivity contribution is 5.92. The number of carbonyl (C=O) groups is 1. The molecule has 4 rings (SSSR count). The fourth-order valence-electron chi connectivity index (χ4n) is 4.01. The van der Waals surface area contributed by atoms with Crippen LogP contribution in [0.2, 0.25) is 0 Å². The number of nitrogens with zero attached hydrogens (tertiary/aromatic N) is 3. The molecule has 0 saturated carbocycles. The number of terminal acetylenes is 1. The van der Waals surface area contributed by atoms with Gasteiger partial charge in [-0.1, -0.05) is 6.42 Å². The van der Waals surface area contributed by atoms with E-state index in [1.807, 2.05) is 21.9 Å². The summed E-state index contributed by atoms with van der Waals surface area (Å²) in [5, 5.41) is 12.5. The third-order valence-corrected chi connectivity index (χ3v) is 5.38. The van der Waals surface area contributed by atoms with Gasteiger partial charge in [-0.3, -0.25) is 4.79 Å². The molecule has 4 heterocycles. The van der Waals surface area contributed by atoms with Gasteiger partial charge in [-0.25, -0.2) is 4.98 Å². The average molecular weight is 338 g/mol. The summed E-state index contributed by atoms with van der Waals surface area (Å²) in [5.74, 6) is 1.77. The number of aryl methyl sites for hydroxylation is 1. The number of pyridine rings is 1. The largest absolute Gasteiger partial charge is 0.374 e. The lowest BCUT2D eigenvalue weighted by Gasteiger charge is -2.22. The molecule has 0 bridgehead atoms. The van der Waals surface area contributed by atoms with E-state index in [9.17, 15) is 9.90 Å². The molecular formula is C19H22N4O2. The highest BCUT2D eigenvalue weighted by Gasteiger charge is 2.40. The minimum Gasteiger partial charge on any atom is -0.374 e. The Hall–Kier alpha value is -2.52. The van der Waals surface area contributed by atoms with E-state index < -0.39 is 6.23 Å². The minimum absolute atomic E-state index is 0.0490. The molecule has 2 fully saturated rings. The van der Waals surface area contributed by atoms with Crippen LogP contribution in [-0.4, -0.2) is 58.2 Å². The molecule has 3 aliphatic rings. The summed E-state index contributed by atoms with van der Waals surface area (Å²) in [6.45, 7) is 3.36. The van der Waals surface area contributed by atoms with Gasteiger partial charge in [0.1, 0.15) is 12.0 Å². The van der Waals surface area contributed by atoms with Crippen molar-refractivity contribution in [1.29, 1.82) is 0 Å². The molecule has 0 radical (unpaired) electrons. The Morgan fingerprint density at radius 2 is 2.12 bits per heavy atom. The van der Waals surface area contributed by atoms with Crippen molar-refractivity contribution in [3.8, 4) is 12.5 Å². The number of fused-ring (bicyclic) bond motifs is 2. The fourth-order valence-corrected chi connectivity index (χ4v) is 4.01. The Labute approximate surface area is 147 Å². The number of hydrogen-bond acceptors (Lipinski definition) is 5. The number of hydrogen-bond donors (Lipinski definition) is 2. The van der Waals surface area contributed by atoms with E-state index in [0.29, 0.717) is 18.3 Å². The molecule has 1 aromatic rings. The molecule has 1 unspecified atom stereocenters. The summed E-state index contributed by atoms with van der Waals surface area (Å²) in [5.41, 5.74) is 1.98. The topological polar surface area (TPSA) is 68.7 Å². The van der Waals surface area contributed by atoms with Crippen molar-refractivity contribution in [2.24, 2.45) is 11.8 Å². The van der Waals surface area contributed by atoms with Gasteiger partial charge in [-0.15, -0.1) is 0 Å². The predicted octanol–water partition coefficient (Wildman–Crippen LogP) is 0.752. The van der Waals surface area contributed by atoms with Crippen molar-refractivity contribution in [2.45, 2.75) is 19.1 Å². The monoisotopic (exact) mass is 338 g/mol. The number of aliphatic hydroxyl groups is 1. The Kier molecular flexibility index (Phi) is 4.10. The van der Waals surface area contributed by atoms with Gasteiger partial charge in [0.15, 0.2) is 0 Å². The first kappa shape index (κ1) is 16.0. The van der Waals surface area contributed by atoms with Gasteiger partial charge >= 0.3 is 0 Å². The number of aliphatic hydroxyl groups excluding tert-OH is 1. The van der Waals surface area contributed by atoms with E-state index in [1.165, 1.54) is 0 Å². The maximum atomic E-state index is 12.5. The van der Waals surface area contributed by atoms with Crippen molar-refractivity contribution < 1.29 is 9.90 Å². The zero-order valence-electron chi connectivity index (χ0n) is 14.1. The number of rotatable bonds is 2. The van der Waals surface area contributed by atoms with Crippen LogP contribution in [0, 0.1) is 24.3 Å². The predicted molar refractivity (Wildman–Crippen MR) is 95.2 cm³/mol. The summed E-state index contributed by atoms with van der Waals surface area (Å²) < 4.78 is 0. The quantitative estimate of drug-likeness (QED) is 0.615. The Balaban J connectivity index is 1.38. The summed E-state index contributed by atoms with van der Waals surface area (Å²) in [7, 11) is 0. The standard InChI is InChI=1S/C19H22N4O2/c1-2-22-9-15-11-23(12-16(15)10-22)18(25)6-3-13-7-14-4-5-17(24)21-19(14)20-8-13/h1,3,6-8,15-17,24H,4-5,9-12H2,(H,20,21)/b6-3+/t15-,16+,17?. The van der Waals surface area contributed by atoms with Crippen molar-refractivity contribution >= 4 is 17.8 Å². The van der Waals surface area contributed by atoms with E-state index in [1.54, 1.807) is 12.3 Å². The zero-order chi connectivity index (χ0) is 17.4. The first-order valence-corrected chi connectivity index (χ1v) is 8.74. The van der Waals surface area contributed by atoms with Crippen LogP contribution in [0.1, 0.15) is 17.5 Å². The molecule has 1 amide bonds. The Morgan fingerprint density at radius 3 is 2.84 bits per heavy atom. The molecule has 2 saturated heterocycles. The second kappa shape index (κ2) is 6.41. The van der Waals surface area contributed by atoms with Crippen LogP contribution in [0.15, 0.2) is 18.3 Å². The van der Waals surface area contributed by atoms with Gasteiger partial charge in [0.2, 0.25) is 5.91 Å². The smallest absolute Gasteiger partial charge is 0.246 e. The fraction of sp³-hybridized carbons (Fsp3) is 0.474. The summed E-state index contributed by atoms with van der Waals surface area (Å²) in [4.78, 5) is 20.7. The first-order valence-electron chi connectivity index (χ1n) is 8.74. The lowest BCUT2D eigenvalue weighted by molar-refractivity contribution is -0.125. The minimum atomic E-state index is -0.525. The number of nitrogens with one attached hydrogen (secondary N) is 1. The highest BCUT2D eigenvalue weighted by Crippen LogP contribution is 2.30.